The number of hydrogen-bond acceptors (Lipinski definition) is 3. The Morgan fingerprint density at radius 1 is 1.07 bits per heavy atom. The zero-order valence-corrected chi connectivity index (χ0v) is 16.0. The number of carbonyl (C=O) groups excluding carboxylic acids is 1. The molecule has 0 unspecified atom stereocenters. The maximum atomic E-state index is 12.6. The number of benzene rings is 2. The van der Waals surface area contributed by atoms with Crippen LogP contribution in [-0.4, -0.2) is 21.6 Å². The van der Waals surface area contributed by atoms with Gasteiger partial charge in [0.05, 0.1) is 11.3 Å². The summed E-state index contributed by atoms with van der Waals surface area (Å²) in [5.41, 5.74) is 3.57. The summed E-state index contributed by atoms with van der Waals surface area (Å²) < 4.78 is 2.04. The Bertz CT molecular complexity index is 1150. The van der Waals surface area contributed by atoms with Crippen LogP contribution in [0.2, 0.25) is 0 Å². The van der Waals surface area contributed by atoms with Crippen LogP contribution in [0.1, 0.15) is 27.3 Å². The number of carboxylic acids is 1. The first-order chi connectivity index (χ1) is 13.9. The van der Waals surface area contributed by atoms with Gasteiger partial charge in [-0.2, -0.15) is 5.26 Å². The van der Waals surface area contributed by atoms with Gasteiger partial charge in [0.1, 0.15) is 11.6 Å². The molecule has 0 saturated heterocycles. The molecule has 0 spiro atoms. The van der Waals surface area contributed by atoms with Crippen LogP contribution in [-0.2, 0) is 4.79 Å². The van der Waals surface area contributed by atoms with Gasteiger partial charge in [-0.25, -0.2) is 4.79 Å². The minimum absolute atomic E-state index is 0.0413. The second kappa shape index (κ2) is 8.28. The average Bonchev–Trinajstić information content (AvgIpc) is 2.99. The number of para-hydroxylation sites is 2. The molecule has 0 saturated carbocycles. The quantitative estimate of drug-likeness (QED) is 0.504. The minimum atomic E-state index is -1.16. The van der Waals surface area contributed by atoms with E-state index in [-0.39, 0.29) is 16.8 Å². The third-order valence-corrected chi connectivity index (χ3v) is 4.56. The summed E-state index contributed by atoms with van der Waals surface area (Å²) in [6, 6.07) is 19.6. The van der Waals surface area contributed by atoms with E-state index < -0.39 is 11.9 Å². The molecule has 29 heavy (non-hydrogen) atoms. The Labute approximate surface area is 168 Å². The fourth-order valence-electron chi connectivity index (χ4n) is 3.18. The predicted molar refractivity (Wildman–Crippen MR) is 111 cm³/mol. The van der Waals surface area contributed by atoms with Gasteiger partial charge in [0.15, 0.2) is 0 Å². The number of hydrogen-bond donors (Lipinski definition) is 2. The summed E-state index contributed by atoms with van der Waals surface area (Å²) in [6.07, 6.45) is 1.51. The van der Waals surface area contributed by atoms with Crippen molar-refractivity contribution >= 4 is 23.6 Å². The van der Waals surface area contributed by atoms with E-state index in [0.29, 0.717) is 0 Å². The number of carboxylic acid groups (broad SMARTS) is 1. The molecular formula is C23H19N3O3. The van der Waals surface area contributed by atoms with Crippen molar-refractivity contribution in [1.82, 2.24) is 4.57 Å². The van der Waals surface area contributed by atoms with Crippen molar-refractivity contribution in [2.75, 3.05) is 5.32 Å². The third-order valence-electron chi connectivity index (χ3n) is 4.56. The number of aryl methyl sites for hydroxylation is 1. The number of carbonyl (C=O) groups is 2. The van der Waals surface area contributed by atoms with Crippen molar-refractivity contribution in [3.05, 3.63) is 88.8 Å². The standard InChI is InChI=1S/C23H19N3O3/c1-15-12-17(16(2)26(15)19-8-4-3-5-9-19)13-18(14-24)22(27)25-21-11-7-6-10-20(21)23(28)29/h3-13H,1-2H3,(H,25,27)(H,28,29)/b18-13+. The van der Waals surface area contributed by atoms with E-state index in [0.717, 1.165) is 22.6 Å². The molecule has 1 amide bonds. The van der Waals surface area contributed by atoms with Crippen molar-refractivity contribution in [2.24, 2.45) is 0 Å². The van der Waals surface area contributed by atoms with Gasteiger partial charge in [0, 0.05) is 17.1 Å². The topological polar surface area (TPSA) is 95.1 Å². The van der Waals surface area contributed by atoms with Gasteiger partial charge < -0.3 is 15.0 Å². The highest BCUT2D eigenvalue weighted by Crippen LogP contribution is 2.23. The molecule has 0 radical (unpaired) electrons. The fourth-order valence-corrected chi connectivity index (χ4v) is 3.18. The molecule has 6 heteroatoms. The van der Waals surface area contributed by atoms with Crippen molar-refractivity contribution in [1.29, 1.82) is 5.26 Å². The number of amides is 1. The number of nitrogens with one attached hydrogen (secondary N) is 1. The van der Waals surface area contributed by atoms with E-state index in [9.17, 15) is 20.0 Å². The van der Waals surface area contributed by atoms with Crippen LogP contribution in [0.4, 0.5) is 5.69 Å². The Hall–Kier alpha value is -4.11. The Morgan fingerprint density at radius 2 is 1.72 bits per heavy atom. The summed E-state index contributed by atoms with van der Waals surface area (Å²) in [5.74, 6) is -1.82. The molecule has 144 valence electrons. The highest BCUT2D eigenvalue weighted by molar-refractivity contribution is 6.11. The van der Waals surface area contributed by atoms with Gasteiger partial charge in [0.25, 0.3) is 5.91 Å². The van der Waals surface area contributed by atoms with Gasteiger partial charge in [-0.05, 0) is 55.8 Å². The maximum absolute atomic E-state index is 12.6. The van der Waals surface area contributed by atoms with Gasteiger partial charge in [-0.1, -0.05) is 30.3 Å². The number of nitrogens with zero attached hydrogens (tertiary/aromatic N) is 2. The summed E-state index contributed by atoms with van der Waals surface area (Å²) >= 11 is 0. The number of anilines is 1. The smallest absolute Gasteiger partial charge is 0.337 e. The van der Waals surface area contributed by atoms with Crippen molar-refractivity contribution < 1.29 is 14.7 Å². The molecule has 0 fully saturated rings. The molecular weight excluding hydrogens is 366 g/mol. The molecule has 1 heterocycles. The van der Waals surface area contributed by atoms with Crippen molar-refractivity contribution in [2.45, 2.75) is 13.8 Å². The molecule has 3 rings (SSSR count). The highest BCUT2D eigenvalue weighted by Gasteiger charge is 2.16. The van der Waals surface area contributed by atoms with Gasteiger partial charge in [0.2, 0.25) is 0 Å². The lowest BCUT2D eigenvalue weighted by Gasteiger charge is -2.09. The normalized spacial score (nSPS) is 11.0. The van der Waals surface area contributed by atoms with Crippen molar-refractivity contribution in [3.8, 4) is 11.8 Å². The molecule has 0 aliphatic carbocycles. The van der Waals surface area contributed by atoms with E-state index in [1.807, 2.05) is 60.9 Å². The fraction of sp³-hybridized carbons (Fsp3) is 0.0870. The zero-order chi connectivity index (χ0) is 21.0. The number of aromatic carboxylic acids is 1. The predicted octanol–water partition coefficient (Wildman–Crippen LogP) is 4.34. The SMILES string of the molecule is Cc1cc(/C=C(\C#N)C(=O)Nc2ccccc2C(=O)O)c(C)n1-c1ccccc1. The van der Waals surface area contributed by atoms with Crippen LogP contribution in [0.15, 0.2) is 66.2 Å². The lowest BCUT2D eigenvalue weighted by molar-refractivity contribution is -0.112. The Morgan fingerprint density at radius 3 is 2.38 bits per heavy atom. The molecule has 2 aromatic carbocycles. The first-order valence-corrected chi connectivity index (χ1v) is 8.92. The monoisotopic (exact) mass is 385 g/mol. The largest absolute Gasteiger partial charge is 0.478 e. The van der Waals surface area contributed by atoms with Crippen LogP contribution in [0.5, 0.6) is 0 Å². The van der Waals surface area contributed by atoms with E-state index in [1.54, 1.807) is 12.1 Å². The molecule has 2 N–H and O–H groups in total. The van der Waals surface area contributed by atoms with Crippen LogP contribution in [0.25, 0.3) is 11.8 Å². The first-order valence-electron chi connectivity index (χ1n) is 8.92. The van der Waals surface area contributed by atoms with E-state index >= 15 is 0 Å². The minimum Gasteiger partial charge on any atom is -0.478 e. The number of nitriles is 1. The molecule has 3 aromatic rings. The molecule has 1 aromatic heterocycles. The molecule has 0 aliphatic heterocycles. The molecule has 0 atom stereocenters. The van der Waals surface area contributed by atoms with E-state index in [4.69, 9.17) is 0 Å². The second-order valence-corrected chi connectivity index (χ2v) is 6.47. The summed E-state index contributed by atoms with van der Waals surface area (Å²) in [4.78, 5) is 23.9. The summed E-state index contributed by atoms with van der Waals surface area (Å²) in [6.45, 7) is 3.87. The first kappa shape index (κ1) is 19.6. The average molecular weight is 385 g/mol. The maximum Gasteiger partial charge on any atom is 0.337 e. The van der Waals surface area contributed by atoms with Crippen LogP contribution in [0.3, 0.4) is 0 Å². The van der Waals surface area contributed by atoms with Crippen molar-refractivity contribution in [3.63, 3.8) is 0 Å². The van der Waals surface area contributed by atoms with Crippen LogP contribution < -0.4 is 5.32 Å². The van der Waals surface area contributed by atoms with Gasteiger partial charge in [-0.15, -0.1) is 0 Å². The summed E-state index contributed by atoms with van der Waals surface area (Å²) in [5, 5.41) is 21.3. The lowest BCUT2D eigenvalue weighted by atomic mass is 10.1. The lowest BCUT2D eigenvalue weighted by Crippen LogP contribution is -2.16. The van der Waals surface area contributed by atoms with E-state index in [2.05, 4.69) is 5.32 Å². The Kier molecular flexibility index (Phi) is 5.61. The van der Waals surface area contributed by atoms with Crippen LogP contribution >= 0.6 is 0 Å². The van der Waals surface area contributed by atoms with E-state index in [1.165, 1.54) is 18.2 Å². The summed E-state index contributed by atoms with van der Waals surface area (Å²) in [7, 11) is 0. The third kappa shape index (κ3) is 4.09. The van der Waals surface area contributed by atoms with Gasteiger partial charge in [-0.3, -0.25) is 4.79 Å². The Balaban J connectivity index is 1.95. The molecule has 0 aliphatic rings. The number of rotatable bonds is 5. The molecule has 0 bridgehead atoms. The van der Waals surface area contributed by atoms with Crippen LogP contribution in [0, 0.1) is 25.2 Å². The zero-order valence-electron chi connectivity index (χ0n) is 16.0. The highest BCUT2D eigenvalue weighted by atomic mass is 16.4. The van der Waals surface area contributed by atoms with Gasteiger partial charge >= 0.3 is 5.97 Å². The number of aromatic nitrogens is 1. The molecule has 6 nitrogen and oxygen atoms in total. The second-order valence-electron chi connectivity index (χ2n) is 6.47.